The van der Waals surface area contributed by atoms with Crippen LogP contribution >= 0.6 is 0 Å². The third-order valence-corrected chi connectivity index (χ3v) is 6.70. The van der Waals surface area contributed by atoms with E-state index in [2.05, 4.69) is 27.9 Å². The van der Waals surface area contributed by atoms with Crippen LogP contribution in [0.25, 0.3) is 11.4 Å². The Labute approximate surface area is 218 Å². The zero-order valence-corrected chi connectivity index (χ0v) is 22.5. The zero-order valence-electron chi connectivity index (χ0n) is 22.5. The van der Waals surface area contributed by atoms with Gasteiger partial charge < -0.3 is 9.42 Å². The lowest BCUT2D eigenvalue weighted by Gasteiger charge is -2.23. The predicted molar refractivity (Wildman–Crippen MR) is 143 cm³/mol. The van der Waals surface area contributed by atoms with E-state index in [0.29, 0.717) is 24.2 Å². The second-order valence-electron chi connectivity index (χ2n) is 11.1. The number of hydrogen-bond donors (Lipinski definition) is 0. The number of rotatable bonds is 12. The quantitative estimate of drug-likeness (QED) is 0.256. The number of aryl methyl sites for hydroxylation is 2. The summed E-state index contributed by atoms with van der Waals surface area (Å²) in [7, 11) is 2.02. The molecule has 1 amide bonds. The maximum atomic E-state index is 13.3. The van der Waals surface area contributed by atoms with Crippen LogP contribution in [0.1, 0.15) is 88.9 Å². The zero-order chi connectivity index (χ0) is 26.6. The Bertz CT molecular complexity index is 1240. The maximum Gasteiger partial charge on any atom is 0.232 e. The summed E-state index contributed by atoms with van der Waals surface area (Å²) in [6, 6.07) is 9.81. The molecule has 0 saturated heterocycles. The van der Waals surface area contributed by atoms with Crippen LogP contribution in [0.4, 0.5) is 10.1 Å². The van der Waals surface area contributed by atoms with E-state index in [1.807, 2.05) is 56.8 Å². The van der Waals surface area contributed by atoms with Gasteiger partial charge in [-0.1, -0.05) is 51.1 Å². The van der Waals surface area contributed by atoms with Gasteiger partial charge in [-0.05, 0) is 50.3 Å². The van der Waals surface area contributed by atoms with E-state index in [0.717, 1.165) is 36.9 Å². The molecule has 0 atom stereocenters. The first-order valence-corrected chi connectivity index (χ1v) is 13.2. The smallest absolute Gasteiger partial charge is 0.232 e. The molecule has 4 rings (SSSR count). The molecule has 0 N–H and O–H groups in total. The molecule has 1 aromatic carbocycles. The molecule has 7 nitrogen and oxygen atoms in total. The number of allylic oxidation sites excluding steroid dienone is 1. The van der Waals surface area contributed by atoms with Gasteiger partial charge in [0.05, 0.1) is 11.5 Å². The Morgan fingerprint density at radius 1 is 1.19 bits per heavy atom. The molecule has 1 saturated carbocycles. The second kappa shape index (κ2) is 11.4. The van der Waals surface area contributed by atoms with Crippen LogP contribution in [-0.4, -0.2) is 32.4 Å². The van der Waals surface area contributed by atoms with Crippen molar-refractivity contribution < 1.29 is 13.7 Å². The molecule has 198 valence electrons. The monoisotopic (exact) mass is 507 g/mol. The SMILES string of the molecule is C=C(F)CCC(=O)N(CCCCCc1cc(C2CC2)nn1C)c1cccc(-c2noc(C(C)(C)C)n2)c1. The molecule has 37 heavy (non-hydrogen) atoms. The first kappa shape index (κ1) is 26.8. The van der Waals surface area contributed by atoms with Crippen molar-refractivity contribution in [3.8, 4) is 11.4 Å². The Morgan fingerprint density at radius 3 is 2.65 bits per heavy atom. The molecule has 2 heterocycles. The van der Waals surface area contributed by atoms with Crippen molar-refractivity contribution in [2.24, 2.45) is 7.05 Å². The van der Waals surface area contributed by atoms with Crippen molar-refractivity contribution in [2.45, 2.75) is 83.5 Å². The van der Waals surface area contributed by atoms with E-state index >= 15 is 0 Å². The van der Waals surface area contributed by atoms with E-state index in [9.17, 15) is 9.18 Å². The molecule has 1 fully saturated rings. The van der Waals surface area contributed by atoms with Crippen molar-refractivity contribution in [3.05, 3.63) is 60.0 Å². The molecule has 0 aliphatic heterocycles. The van der Waals surface area contributed by atoms with Gasteiger partial charge in [0, 0.05) is 54.7 Å². The molecule has 8 heteroatoms. The predicted octanol–water partition coefficient (Wildman–Crippen LogP) is 6.65. The second-order valence-corrected chi connectivity index (χ2v) is 11.1. The lowest BCUT2D eigenvalue weighted by molar-refractivity contribution is -0.118. The molecule has 3 aromatic rings. The van der Waals surface area contributed by atoms with Gasteiger partial charge in [-0.15, -0.1) is 0 Å². The largest absolute Gasteiger partial charge is 0.338 e. The van der Waals surface area contributed by atoms with Crippen LogP contribution in [0.15, 0.2) is 47.3 Å². The number of benzene rings is 1. The van der Waals surface area contributed by atoms with Crippen LogP contribution < -0.4 is 4.90 Å². The molecule has 0 bridgehead atoms. The Hall–Kier alpha value is -3.29. The lowest BCUT2D eigenvalue weighted by Crippen LogP contribution is -2.31. The van der Waals surface area contributed by atoms with Gasteiger partial charge in [-0.3, -0.25) is 9.48 Å². The summed E-state index contributed by atoms with van der Waals surface area (Å²) in [6.45, 7) is 9.90. The highest BCUT2D eigenvalue weighted by Crippen LogP contribution is 2.39. The number of carbonyl (C=O) groups excluding carboxylic acids is 1. The van der Waals surface area contributed by atoms with E-state index < -0.39 is 5.83 Å². The number of anilines is 1. The summed E-state index contributed by atoms with van der Waals surface area (Å²) in [5.41, 5.74) is 3.75. The molecular weight excluding hydrogens is 469 g/mol. The van der Waals surface area contributed by atoms with Gasteiger partial charge in [-0.25, -0.2) is 4.39 Å². The average Bonchev–Trinajstić information content (AvgIpc) is 3.44. The van der Waals surface area contributed by atoms with E-state index in [4.69, 9.17) is 4.52 Å². The number of hydrogen-bond acceptors (Lipinski definition) is 5. The summed E-state index contributed by atoms with van der Waals surface area (Å²) in [5.74, 6) is 1.09. The van der Waals surface area contributed by atoms with E-state index in [-0.39, 0.29) is 24.2 Å². The molecule has 0 radical (unpaired) electrons. The minimum atomic E-state index is -0.481. The minimum Gasteiger partial charge on any atom is -0.338 e. The van der Waals surface area contributed by atoms with Crippen LogP contribution in [0, 0.1) is 0 Å². The number of carbonyl (C=O) groups is 1. The van der Waals surface area contributed by atoms with Crippen molar-refractivity contribution in [3.63, 3.8) is 0 Å². The molecular formula is C29H38FN5O2. The molecule has 1 aliphatic rings. The normalized spacial score (nSPS) is 13.6. The maximum absolute atomic E-state index is 13.3. The van der Waals surface area contributed by atoms with Crippen LogP contribution in [-0.2, 0) is 23.7 Å². The fourth-order valence-electron chi connectivity index (χ4n) is 4.33. The fraction of sp³-hybridized carbons (Fsp3) is 0.517. The van der Waals surface area contributed by atoms with Gasteiger partial charge in [-0.2, -0.15) is 10.1 Å². The van der Waals surface area contributed by atoms with E-state index in [1.165, 1.54) is 24.2 Å². The van der Waals surface area contributed by atoms with Gasteiger partial charge in [0.15, 0.2) is 0 Å². The highest BCUT2D eigenvalue weighted by atomic mass is 19.1. The Balaban J connectivity index is 1.41. The molecule has 2 aromatic heterocycles. The third kappa shape index (κ3) is 7.14. The number of halogens is 1. The summed E-state index contributed by atoms with van der Waals surface area (Å²) in [4.78, 5) is 19.4. The first-order valence-electron chi connectivity index (χ1n) is 13.2. The Morgan fingerprint density at radius 2 is 1.97 bits per heavy atom. The van der Waals surface area contributed by atoms with Crippen molar-refractivity contribution in [1.29, 1.82) is 0 Å². The third-order valence-electron chi connectivity index (χ3n) is 6.70. The number of unbranched alkanes of at least 4 members (excludes halogenated alkanes) is 2. The summed E-state index contributed by atoms with van der Waals surface area (Å²) in [6.07, 6.45) is 6.41. The van der Waals surface area contributed by atoms with Gasteiger partial charge in [0.2, 0.25) is 17.6 Å². The minimum absolute atomic E-state index is 0.0264. The topological polar surface area (TPSA) is 77.0 Å². The highest BCUT2D eigenvalue weighted by molar-refractivity contribution is 5.94. The standard InChI is InChI=1S/C29H38FN5O2/c1-20(30)13-16-26(36)35(17-8-6-7-11-23-19-25(21-14-15-21)32-34(23)5)24-12-9-10-22(18-24)27-31-28(37-33-27)29(2,3)4/h9-10,12,18-19,21H,1,6-8,11,13-17H2,2-5H3. The summed E-state index contributed by atoms with van der Waals surface area (Å²) >= 11 is 0. The van der Waals surface area contributed by atoms with Crippen LogP contribution in [0.3, 0.4) is 0 Å². The van der Waals surface area contributed by atoms with Gasteiger partial charge in [0.1, 0.15) is 0 Å². The molecule has 1 aliphatic carbocycles. The van der Waals surface area contributed by atoms with Crippen molar-refractivity contribution in [2.75, 3.05) is 11.4 Å². The fourth-order valence-corrected chi connectivity index (χ4v) is 4.33. The average molecular weight is 508 g/mol. The van der Waals surface area contributed by atoms with Crippen molar-refractivity contribution >= 4 is 11.6 Å². The van der Waals surface area contributed by atoms with Crippen molar-refractivity contribution in [1.82, 2.24) is 19.9 Å². The molecule has 0 unspecified atom stereocenters. The lowest BCUT2D eigenvalue weighted by atomic mass is 9.97. The highest BCUT2D eigenvalue weighted by Gasteiger charge is 2.27. The van der Waals surface area contributed by atoms with E-state index in [1.54, 1.807) is 4.90 Å². The Kier molecular flexibility index (Phi) is 8.25. The number of amides is 1. The summed E-state index contributed by atoms with van der Waals surface area (Å²) < 4.78 is 20.8. The molecule has 0 spiro atoms. The number of aromatic nitrogens is 4. The van der Waals surface area contributed by atoms with Crippen LogP contribution in [0.2, 0.25) is 0 Å². The number of nitrogens with zero attached hydrogens (tertiary/aromatic N) is 5. The van der Waals surface area contributed by atoms with Gasteiger partial charge in [0.25, 0.3) is 0 Å². The van der Waals surface area contributed by atoms with Gasteiger partial charge >= 0.3 is 0 Å². The first-order chi connectivity index (χ1) is 17.6. The van der Waals surface area contributed by atoms with Crippen LogP contribution in [0.5, 0.6) is 0 Å². The summed E-state index contributed by atoms with van der Waals surface area (Å²) in [5, 5.41) is 8.79.